The Morgan fingerprint density at radius 2 is 2.08 bits per heavy atom. The monoisotopic (exact) mass is 327 g/mol. The highest BCUT2D eigenvalue weighted by molar-refractivity contribution is 5.98. The molecule has 24 heavy (non-hydrogen) atoms. The normalized spacial score (nSPS) is 18.5. The third-order valence-electron chi connectivity index (χ3n) is 4.78. The molecule has 1 aliphatic rings. The van der Waals surface area contributed by atoms with Crippen molar-refractivity contribution < 1.29 is 13.9 Å². The molecule has 4 nitrogen and oxygen atoms in total. The average molecular weight is 327 g/mol. The number of methoxy groups -OCH3 is 1. The summed E-state index contributed by atoms with van der Waals surface area (Å²) in [5.74, 6) is 2.13. The first kappa shape index (κ1) is 16.8. The van der Waals surface area contributed by atoms with E-state index < -0.39 is 0 Å². The molecule has 0 amide bonds. The third-order valence-corrected chi connectivity index (χ3v) is 4.78. The quantitative estimate of drug-likeness (QED) is 0.779. The number of aryl methyl sites for hydroxylation is 2. The minimum absolute atomic E-state index is 0.0564. The van der Waals surface area contributed by atoms with Crippen molar-refractivity contribution in [2.24, 2.45) is 5.92 Å². The summed E-state index contributed by atoms with van der Waals surface area (Å²) < 4.78 is 10.8. The van der Waals surface area contributed by atoms with E-state index in [0.29, 0.717) is 0 Å². The van der Waals surface area contributed by atoms with E-state index in [1.165, 1.54) is 0 Å². The van der Waals surface area contributed by atoms with Crippen molar-refractivity contribution in [3.63, 3.8) is 0 Å². The minimum Gasteiger partial charge on any atom is -0.496 e. The predicted molar refractivity (Wildman–Crippen MR) is 93.5 cm³/mol. The van der Waals surface area contributed by atoms with Crippen molar-refractivity contribution >= 4 is 5.78 Å². The van der Waals surface area contributed by atoms with Gasteiger partial charge in [-0.2, -0.15) is 0 Å². The van der Waals surface area contributed by atoms with Crippen LogP contribution < -0.4 is 4.74 Å². The fourth-order valence-electron chi connectivity index (χ4n) is 3.69. The van der Waals surface area contributed by atoms with Gasteiger partial charge in [0.05, 0.1) is 19.9 Å². The van der Waals surface area contributed by atoms with E-state index in [0.717, 1.165) is 60.7 Å². The van der Waals surface area contributed by atoms with Gasteiger partial charge in [0.15, 0.2) is 5.78 Å². The Bertz CT molecular complexity index is 683. The van der Waals surface area contributed by atoms with Gasteiger partial charge < -0.3 is 9.15 Å². The maximum Gasteiger partial charge on any atom is 0.167 e. The number of nitrogens with zero attached hydrogens (tertiary/aromatic N) is 1. The van der Waals surface area contributed by atoms with Gasteiger partial charge in [0.25, 0.3) is 0 Å². The first-order chi connectivity index (χ1) is 11.6. The molecular formula is C20H25NO3. The number of hydrogen-bond acceptors (Lipinski definition) is 4. The van der Waals surface area contributed by atoms with Crippen LogP contribution in [0.15, 0.2) is 34.9 Å². The van der Waals surface area contributed by atoms with Crippen molar-refractivity contribution in [1.82, 2.24) is 4.90 Å². The number of hydrogen-bond donors (Lipinski definition) is 0. The van der Waals surface area contributed by atoms with Crippen molar-refractivity contribution in [2.45, 2.75) is 33.2 Å². The van der Waals surface area contributed by atoms with E-state index in [1.807, 2.05) is 38.1 Å². The second kappa shape index (κ2) is 7.22. The van der Waals surface area contributed by atoms with Crippen LogP contribution in [0.4, 0.5) is 0 Å². The Kier molecular flexibility index (Phi) is 5.05. The van der Waals surface area contributed by atoms with Crippen LogP contribution in [0.1, 0.15) is 40.1 Å². The van der Waals surface area contributed by atoms with Crippen LogP contribution in [0.3, 0.4) is 0 Å². The Morgan fingerprint density at radius 1 is 1.33 bits per heavy atom. The highest BCUT2D eigenvalue weighted by Gasteiger charge is 2.27. The molecule has 0 saturated carbocycles. The Labute approximate surface area is 143 Å². The maximum absolute atomic E-state index is 13.0. The Morgan fingerprint density at radius 3 is 2.71 bits per heavy atom. The van der Waals surface area contributed by atoms with Gasteiger partial charge in [0.1, 0.15) is 11.5 Å². The molecule has 4 heteroatoms. The van der Waals surface area contributed by atoms with Gasteiger partial charge in [-0.15, -0.1) is 0 Å². The lowest BCUT2D eigenvalue weighted by molar-refractivity contribution is 0.0802. The first-order valence-corrected chi connectivity index (χ1v) is 8.52. The number of likely N-dealkylation sites (tertiary alicyclic amines) is 1. The van der Waals surface area contributed by atoms with Crippen LogP contribution in [0.2, 0.25) is 0 Å². The number of ketones is 1. The number of Topliss-reactive ketones (excluding diaryl/α,β-unsaturated/α-hetero) is 1. The molecule has 0 spiro atoms. The van der Waals surface area contributed by atoms with Gasteiger partial charge >= 0.3 is 0 Å². The van der Waals surface area contributed by atoms with Crippen molar-refractivity contribution in [3.05, 3.63) is 53.0 Å². The molecule has 3 rings (SSSR count). The number of carbonyl (C=O) groups is 1. The third kappa shape index (κ3) is 3.54. The Hall–Kier alpha value is -2.07. The zero-order valence-corrected chi connectivity index (χ0v) is 14.7. The second-order valence-corrected chi connectivity index (χ2v) is 6.66. The molecule has 1 aromatic carbocycles. The van der Waals surface area contributed by atoms with Crippen LogP contribution in [-0.4, -0.2) is 30.9 Å². The molecule has 1 aliphatic heterocycles. The van der Waals surface area contributed by atoms with Crippen LogP contribution >= 0.6 is 0 Å². The fraction of sp³-hybridized carbons (Fsp3) is 0.450. The van der Waals surface area contributed by atoms with Crippen molar-refractivity contribution in [2.75, 3.05) is 20.2 Å². The number of carbonyl (C=O) groups excluding carboxylic acids is 1. The molecule has 0 aliphatic carbocycles. The maximum atomic E-state index is 13.0. The highest BCUT2D eigenvalue weighted by atomic mass is 16.5. The second-order valence-electron chi connectivity index (χ2n) is 6.66. The van der Waals surface area contributed by atoms with E-state index in [9.17, 15) is 4.79 Å². The molecule has 1 fully saturated rings. The number of rotatable bonds is 5. The molecule has 2 heterocycles. The van der Waals surface area contributed by atoms with Crippen LogP contribution in [0.25, 0.3) is 0 Å². The van der Waals surface area contributed by atoms with E-state index in [2.05, 4.69) is 4.90 Å². The van der Waals surface area contributed by atoms with Gasteiger partial charge in [0, 0.05) is 18.0 Å². The molecule has 0 radical (unpaired) electrons. The van der Waals surface area contributed by atoms with E-state index in [1.54, 1.807) is 13.4 Å². The molecule has 1 unspecified atom stereocenters. The number of piperidine rings is 1. The average Bonchev–Trinajstić information content (AvgIpc) is 3.07. The summed E-state index contributed by atoms with van der Waals surface area (Å²) in [5.41, 5.74) is 2.84. The molecule has 128 valence electrons. The topological polar surface area (TPSA) is 42.7 Å². The summed E-state index contributed by atoms with van der Waals surface area (Å²) in [6, 6.07) is 7.81. The Balaban J connectivity index is 1.72. The summed E-state index contributed by atoms with van der Waals surface area (Å²) >= 11 is 0. The summed E-state index contributed by atoms with van der Waals surface area (Å²) in [6.45, 7) is 6.58. The number of furan rings is 1. The molecule has 0 bridgehead atoms. The molecule has 1 saturated heterocycles. The summed E-state index contributed by atoms with van der Waals surface area (Å²) in [5, 5.41) is 0. The molecule has 1 aromatic heterocycles. The largest absolute Gasteiger partial charge is 0.496 e. The lowest BCUT2D eigenvalue weighted by Crippen LogP contribution is -2.38. The van der Waals surface area contributed by atoms with E-state index in [4.69, 9.17) is 9.15 Å². The first-order valence-electron chi connectivity index (χ1n) is 8.52. The lowest BCUT2D eigenvalue weighted by atomic mass is 9.88. The summed E-state index contributed by atoms with van der Waals surface area (Å²) in [6.07, 6.45) is 3.70. The van der Waals surface area contributed by atoms with E-state index >= 15 is 0 Å². The highest BCUT2D eigenvalue weighted by Crippen LogP contribution is 2.28. The number of ether oxygens (including phenoxy) is 1. The van der Waals surface area contributed by atoms with Gasteiger partial charge in [-0.3, -0.25) is 9.69 Å². The van der Waals surface area contributed by atoms with Gasteiger partial charge in [-0.1, -0.05) is 0 Å². The van der Waals surface area contributed by atoms with Crippen molar-refractivity contribution in [1.29, 1.82) is 0 Å². The molecule has 0 N–H and O–H groups in total. The van der Waals surface area contributed by atoms with Crippen LogP contribution in [0.5, 0.6) is 5.75 Å². The predicted octanol–water partition coefficient (Wildman–Crippen LogP) is 4.00. The van der Waals surface area contributed by atoms with Gasteiger partial charge in [0.2, 0.25) is 0 Å². The van der Waals surface area contributed by atoms with Crippen LogP contribution in [-0.2, 0) is 6.54 Å². The van der Waals surface area contributed by atoms with Crippen molar-refractivity contribution in [3.8, 4) is 5.75 Å². The fourth-order valence-corrected chi connectivity index (χ4v) is 3.69. The summed E-state index contributed by atoms with van der Waals surface area (Å²) in [7, 11) is 1.67. The molecular weight excluding hydrogens is 302 g/mol. The SMILES string of the molecule is COc1c(C)cc(C(=O)C2CCCN(Cc3ccco3)C2)cc1C. The van der Waals surface area contributed by atoms with Gasteiger partial charge in [-0.05, 0) is 68.6 Å². The smallest absolute Gasteiger partial charge is 0.167 e. The minimum atomic E-state index is 0.0564. The van der Waals surface area contributed by atoms with Crippen LogP contribution in [0, 0.1) is 19.8 Å². The zero-order chi connectivity index (χ0) is 17.1. The van der Waals surface area contributed by atoms with E-state index in [-0.39, 0.29) is 11.7 Å². The van der Waals surface area contributed by atoms with Gasteiger partial charge in [-0.25, -0.2) is 0 Å². The molecule has 1 atom stereocenters. The number of benzene rings is 1. The molecule has 2 aromatic rings. The zero-order valence-electron chi connectivity index (χ0n) is 14.7. The standard InChI is InChI=1S/C20H25NO3/c1-14-10-17(11-15(2)20(14)23-3)19(22)16-6-4-8-21(12-16)13-18-7-5-9-24-18/h5,7,9-11,16H,4,6,8,12-13H2,1-3H3. The summed E-state index contributed by atoms with van der Waals surface area (Å²) in [4.78, 5) is 15.3. The lowest BCUT2D eigenvalue weighted by Gasteiger charge is -2.31.